The van der Waals surface area contributed by atoms with E-state index in [9.17, 15) is 0 Å². The molecule has 0 aliphatic carbocycles. The third-order valence-corrected chi connectivity index (χ3v) is 2.99. The van der Waals surface area contributed by atoms with Crippen LogP contribution in [0, 0.1) is 22.7 Å². The lowest BCUT2D eigenvalue weighted by Gasteiger charge is -2.05. The summed E-state index contributed by atoms with van der Waals surface area (Å²) in [4.78, 5) is 4.25. The van der Waals surface area contributed by atoms with Crippen molar-refractivity contribution in [2.24, 2.45) is 4.99 Å². The van der Waals surface area contributed by atoms with Gasteiger partial charge >= 0.3 is 0 Å². The topological polar surface area (TPSA) is 72.0 Å². The predicted molar refractivity (Wildman–Crippen MR) is 64.3 cm³/mol. The molecule has 78 valence electrons. The maximum Gasteiger partial charge on any atom is 0.161 e. The fraction of sp³-hybridized carbons (Fsp3) is 0.182. The summed E-state index contributed by atoms with van der Waals surface area (Å²) >= 11 is 1.65. The van der Waals surface area contributed by atoms with Crippen LogP contribution in [0.4, 0.5) is 5.69 Å². The molecular formula is C11H8N4S. The lowest BCUT2D eigenvalue weighted by atomic mass is 10.1. The molecule has 1 aliphatic rings. The van der Waals surface area contributed by atoms with Gasteiger partial charge in [0.25, 0.3) is 0 Å². The Hall–Kier alpha value is -1.98. The highest BCUT2D eigenvalue weighted by Gasteiger charge is 2.08. The van der Waals surface area contributed by atoms with E-state index >= 15 is 0 Å². The molecule has 1 N–H and O–H groups in total. The van der Waals surface area contributed by atoms with Crippen LogP contribution in [0.3, 0.4) is 0 Å². The first-order chi connectivity index (χ1) is 7.83. The molecule has 0 saturated carbocycles. The minimum absolute atomic E-state index is 0.385. The second-order valence-electron chi connectivity index (χ2n) is 3.14. The molecule has 16 heavy (non-hydrogen) atoms. The zero-order chi connectivity index (χ0) is 11.4. The van der Waals surface area contributed by atoms with Crippen LogP contribution in [0.5, 0.6) is 0 Å². The lowest BCUT2D eigenvalue weighted by molar-refractivity contribution is 1.17. The number of nitrogens with one attached hydrogen (secondary N) is 1. The molecule has 1 aliphatic heterocycles. The first kappa shape index (κ1) is 10.5. The molecule has 4 nitrogen and oxygen atoms in total. The lowest BCUT2D eigenvalue weighted by Crippen LogP contribution is -2.05. The van der Waals surface area contributed by atoms with Crippen molar-refractivity contribution in [3.05, 3.63) is 29.3 Å². The van der Waals surface area contributed by atoms with E-state index < -0.39 is 0 Å². The van der Waals surface area contributed by atoms with E-state index in [1.165, 1.54) is 0 Å². The Morgan fingerprint density at radius 3 is 2.69 bits per heavy atom. The van der Waals surface area contributed by atoms with Crippen LogP contribution >= 0.6 is 11.8 Å². The van der Waals surface area contributed by atoms with Crippen molar-refractivity contribution in [3.8, 4) is 12.1 Å². The molecule has 0 fully saturated rings. The van der Waals surface area contributed by atoms with E-state index in [4.69, 9.17) is 10.5 Å². The molecule has 0 saturated heterocycles. The van der Waals surface area contributed by atoms with Gasteiger partial charge in [-0.1, -0.05) is 11.8 Å². The number of nitriles is 2. The van der Waals surface area contributed by atoms with Gasteiger partial charge in [-0.15, -0.1) is 0 Å². The van der Waals surface area contributed by atoms with Gasteiger partial charge in [0.2, 0.25) is 0 Å². The molecule has 1 aromatic rings. The van der Waals surface area contributed by atoms with Crippen LogP contribution in [0.15, 0.2) is 23.2 Å². The maximum atomic E-state index is 8.87. The number of thioether (sulfide) groups is 1. The molecule has 0 aromatic heterocycles. The Morgan fingerprint density at radius 1 is 1.25 bits per heavy atom. The van der Waals surface area contributed by atoms with E-state index in [0.29, 0.717) is 11.1 Å². The normalized spacial score (nSPS) is 13.8. The van der Waals surface area contributed by atoms with Gasteiger partial charge in [0.05, 0.1) is 17.7 Å². The molecule has 1 aromatic carbocycles. The Morgan fingerprint density at radius 2 is 2.06 bits per heavy atom. The number of aliphatic imine (C=N–C) groups is 1. The van der Waals surface area contributed by atoms with Crippen molar-refractivity contribution in [1.82, 2.24) is 0 Å². The van der Waals surface area contributed by atoms with E-state index in [0.717, 1.165) is 23.2 Å². The molecule has 0 atom stereocenters. The SMILES string of the molecule is N#Cc1ccc(NC2=NCCS2)cc1C#N. The average molecular weight is 228 g/mol. The van der Waals surface area contributed by atoms with Crippen LogP contribution in [0.25, 0.3) is 0 Å². The fourth-order valence-electron chi connectivity index (χ4n) is 1.35. The second-order valence-corrected chi connectivity index (χ2v) is 4.23. The fourth-order valence-corrected chi connectivity index (χ4v) is 2.09. The van der Waals surface area contributed by atoms with Crippen molar-refractivity contribution in [2.45, 2.75) is 0 Å². The van der Waals surface area contributed by atoms with Crippen LogP contribution < -0.4 is 5.32 Å². The third-order valence-electron chi connectivity index (χ3n) is 2.10. The van der Waals surface area contributed by atoms with Gasteiger partial charge in [-0.25, -0.2) is 0 Å². The molecule has 0 spiro atoms. The number of amidine groups is 1. The van der Waals surface area contributed by atoms with Crippen LogP contribution in [-0.2, 0) is 0 Å². The Kier molecular flexibility index (Phi) is 3.09. The van der Waals surface area contributed by atoms with E-state index in [1.807, 2.05) is 12.1 Å². The number of anilines is 1. The van der Waals surface area contributed by atoms with Gasteiger partial charge in [0.15, 0.2) is 5.17 Å². The van der Waals surface area contributed by atoms with Gasteiger partial charge < -0.3 is 5.32 Å². The highest BCUT2D eigenvalue weighted by atomic mass is 32.2. The van der Waals surface area contributed by atoms with Crippen molar-refractivity contribution in [1.29, 1.82) is 10.5 Å². The van der Waals surface area contributed by atoms with Crippen LogP contribution in [0.1, 0.15) is 11.1 Å². The Bertz CT molecular complexity index is 522. The molecule has 0 radical (unpaired) electrons. The van der Waals surface area contributed by atoms with Crippen LogP contribution in [-0.4, -0.2) is 17.5 Å². The second kappa shape index (κ2) is 4.69. The Balaban J connectivity index is 2.24. The minimum atomic E-state index is 0.385. The van der Waals surface area contributed by atoms with Gasteiger partial charge in [0, 0.05) is 11.4 Å². The minimum Gasteiger partial charge on any atom is -0.335 e. The number of hydrogen-bond donors (Lipinski definition) is 1. The first-order valence-electron chi connectivity index (χ1n) is 4.72. The summed E-state index contributed by atoms with van der Waals surface area (Å²) in [5, 5.41) is 21.6. The number of rotatable bonds is 1. The molecule has 1 heterocycles. The molecule has 0 bridgehead atoms. The van der Waals surface area contributed by atoms with Crippen molar-refractivity contribution >= 4 is 22.6 Å². The molecule has 0 unspecified atom stereocenters. The molecule has 2 rings (SSSR count). The largest absolute Gasteiger partial charge is 0.335 e. The predicted octanol–water partition coefficient (Wildman–Crippen LogP) is 1.94. The van der Waals surface area contributed by atoms with Crippen LogP contribution in [0.2, 0.25) is 0 Å². The zero-order valence-corrected chi connectivity index (χ0v) is 9.21. The zero-order valence-electron chi connectivity index (χ0n) is 8.40. The smallest absolute Gasteiger partial charge is 0.161 e. The highest BCUT2D eigenvalue weighted by Crippen LogP contribution is 2.18. The number of hydrogen-bond acceptors (Lipinski definition) is 5. The molecule has 0 amide bonds. The quantitative estimate of drug-likeness (QED) is 0.797. The van der Waals surface area contributed by atoms with Gasteiger partial charge in [-0.2, -0.15) is 10.5 Å². The summed E-state index contributed by atoms with van der Waals surface area (Å²) in [6.45, 7) is 0.828. The molecular weight excluding hydrogens is 220 g/mol. The van der Waals surface area contributed by atoms with Crippen molar-refractivity contribution in [2.75, 3.05) is 17.6 Å². The van der Waals surface area contributed by atoms with E-state index in [1.54, 1.807) is 30.0 Å². The summed E-state index contributed by atoms with van der Waals surface area (Å²) in [6, 6.07) is 9.07. The van der Waals surface area contributed by atoms with Gasteiger partial charge in [-0.05, 0) is 18.2 Å². The number of benzene rings is 1. The highest BCUT2D eigenvalue weighted by molar-refractivity contribution is 8.14. The van der Waals surface area contributed by atoms with E-state index in [2.05, 4.69) is 10.3 Å². The molecule has 5 heteroatoms. The summed E-state index contributed by atoms with van der Waals surface area (Å²) in [6.07, 6.45) is 0. The monoisotopic (exact) mass is 228 g/mol. The van der Waals surface area contributed by atoms with E-state index in [-0.39, 0.29) is 0 Å². The third kappa shape index (κ3) is 2.16. The van der Waals surface area contributed by atoms with Crippen molar-refractivity contribution in [3.63, 3.8) is 0 Å². The van der Waals surface area contributed by atoms with Gasteiger partial charge in [0.1, 0.15) is 12.1 Å². The Labute approximate surface area is 97.6 Å². The standard InChI is InChI=1S/C11H8N4S/c12-6-8-1-2-10(5-9(8)7-13)15-11-14-3-4-16-11/h1-2,5H,3-4H2,(H,14,15). The summed E-state index contributed by atoms with van der Waals surface area (Å²) < 4.78 is 0. The van der Waals surface area contributed by atoms with Gasteiger partial charge in [-0.3, -0.25) is 4.99 Å². The number of nitrogens with zero attached hydrogens (tertiary/aromatic N) is 3. The maximum absolute atomic E-state index is 8.87. The summed E-state index contributed by atoms with van der Waals surface area (Å²) in [5.41, 5.74) is 1.58. The summed E-state index contributed by atoms with van der Waals surface area (Å²) in [5.74, 6) is 0.990. The first-order valence-corrected chi connectivity index (χ1v) is 5.70. The summed E-state index contributed by atoms with van der Waals surface area (Å²) in [7, 11) is 0. The average Bonchev–Trinajstić information content (AvgIpc) is 2.81. The van der Waals surface area contributed by atoms with Crippen molar-refractivity contribution < 1.29 is 0 Å².